The molecular formula is C20H26N4O3. The van der Waals surface area contributed by atoms with Crippen LogP contribution < -0.4 is 15.0 Å². The molecule has 144 valence electrons. The molecule has 1 amide bonds. The predicted octanol–water partition coefficient (Wildman–Crippen LogP) is 3.95. The lowest BCUT2D eigenvalue weighted by molar-refractivity contribution is 0.177. The molecule has 2 aromatic rings. The van der Waals surface area contributed by atoms with Gasteiger partial charge in [0.05, 0.1) is 19.2 Å². The lowest BCUT2D eigenvalue weighted by Gasteiger charge is -2.24. The van der Waals surface area contributed by atoms with Crippen molar-refractivity contribution in [2.75, 3.05) is 23.9 Å². The molecule has 1 saturated heterocycles. The molecule has 0 saturated carbocycles. The smallest absolute Gasteiger partial charge is 0.415 e. The molecule has 3 rings (SSSR count). The quantitative estimate of drug-likeness (QED) is 0.830. The number of rotatable bonds is 6. The number of ether oxygens (including phenoxy) is 2. The number of hydrogen-bond donors (Lipinski definition) is 1. The molecule has 0 aliphatic carbocycles. The lowest BCUT2D eigenvalue weighted by Crippen LogP contribution is -2.38. The second kappa shape index (κ2) is 7.82. The van der Waals surface area contributed by atoms with Crippen molar-refractivity contribution < 1.29 is 14.3 Å². The summed E-state index contributed by atoms with van der Waals surface area (Å²) in [5.74, 6) is 2.09. The Hall–Kier alpha value is -2.83. The SMILES string of the molecule is COc1cccc([C@H](C)Nc2nc(C)cc(N3C(=O)OCC3C(C)C)n2)c1. The summed E-state index contributed by atoms with van der Waals surface area (Å²) in [6.07, 6.45) is -0.362. The average Bonchev–Trinajstić information content (AvgIpc) is 3.03. The van der Waals surface area contributed by atoms with Gasteiger partial charge in [0.1, 0.15) is 18.2 Å². The molecule has 0 radical (unpaired) electrons. The number of anilines is 2. The standard InChI is InChI=1S/C20H26N4O3/c1-12(2)17-11-27-20(25)24(17)18-9-13(3)21-19(23-18)22-14(4)15-7-6-8-16(10-15)26-5/h6-10,12,14,17H,11H2,1-5H3,(H,21,22,23)/t14-,17?/m0/s1. The van der Waals surface area contributed by atoms with Crippen molar-refractivity contribution in [2.45, 2.75) is 39.8 Å². The van der Waals surface area contributed by atoms with E-state index in [4.69, 9.17) is 9.47 Å². The summed E-state index contributed by atoms with van der Waals surface area (Å²) in [7, 11) is 1.65. The topological polar surface area (TPSA) is 76.6 Å². The van der Waals surface area contributed by atoms with Crippen LogP contribution in [-0.2, 0) is 4.74 Å². The number of aryl methyl sites for hydroxylation is 1. The Morgan fingerprint density at radius 3 is 2.74 bits per heavy atom. The highest BCUT2D eigenvalue weighted by molar-refractivity contribution is 5.89. The fourth-order valence-electron chi connectivity index (χ4n) is 3.12. The summed E-state index contributed by atoms with van der Waals surface area (Å²) in [5.41, 5.74) is 1.84. The molecule has 1 aliphatic rings. The van der Waals surface area contributed by atoms with Gasteiger partial charge in [-0.25, -0.2) is 9.78 Å². The highest BCUT2D eigenvalue weighted by atomic mass is 16.6. The molecular weight excluding hydrogens is 344 g/mol. The lowest BCUT2D eigenvalue weighted by atomic mass is 10.0. The molecule has 1 N–H and O–H groups in total. The Balaban J connectivity index is 1.86. The van der Waals surface area contributed by atoms with Crippen molar-refractivity contribution in [1.82, 2.24) is 9.97 Å². The van der Waals surface area contributed by atoms with E-state index in [1.165, 1.54) is 0 Å². The second-order valence-electron chi connectivity index (χ2n) is 7.09. The summed E-state index contributed by atoms with van der Waals surface area (Å²) >= 11 is 0. The highest BCUT2D eigenvalue weighted by Gasteiger charge is 2.37. The fraction of sp³-hybridized carbons (Fsp3) is 0.450. The monoisotopic (exact) mass is 370 g/mol. The zero-order valence-corrected chi connectivity index (χ0v) is 16.4. The second-order valence-corrected chi connectivity index (χ2v) is 7.09. The van der Waals surface area contributed by atoms with Crippen molar-refractivity contribution in [3.63, 3.8) is 0 Å². The van der Waals surface area contributed by atoms with Gasteiger partial charge in [-0.15, -0.1) is 0 Å². The molecule has 0 spiro atoms. The number of carbonyl (C=O) groups is 1. The molecule has 0 bridgehead atoms. The van der Waals surface area contributed by atoms with Crippen LogP contribution in [0.15, 0.2) is 30.3 Å². The third-order valence-corrected chi connectivity index (χ3v) is 4.70. The molecule has 1 aliphatic heterocycles. The van der Waals surface area contributed by atoms with E-state index in [1.54, 1.807) is 12.0 Å². The van der Waals surface area contributed by atoms with Gasteiger partial charge in [0.2, 0.25) is 5.95 Å². The Bertz CT molecular complexity index is 825. The fourth-order valence-corrected chi connectivity index (χ4v) is 3.12. The first-order valence-electron chi connectivity index (χ1n) is 9.11. The van der Waals surface area contributed by atoms with E-state index in [0.717, 1.165) is 17.0 Å². The molecule has 7 nitrogen and oxygen atoms in total. The van der Waals surface area contributed by atoms with Crippen LogP contribution >= 0.6 is 0 Å². The largest absolute Gasteiger partial charge is 0.497 e. The number of hydrogen-bond acceptors (Lipinski definition) is 6. The van der Waals surface area contributed by atoms with Crippen molar-refractivity contribution in [2.24, 2.45) is 5.92 Å². The van der Waals surface area contributed by atoms with E-state index in [0.29, 0.717) is 18.4 Å². The van der Waals surface area contributed by atoms with Gasteiger partial charge in [-0.2, -0.15) is 4.98 Å². The summed E-state index contributed by atoms with van der Waals surface area (Å²) in [6, 6.07) is 9.59. The first kappa shape index (κ1) is 18.9. The van der Waals surface area contributed by atoms with Gasteiger partial charge in [0.15, 0.2) is 0 Å². The van der Waals surface area contributed by atoms with Gasteiger partial charge in [-0.3, -0.25) is 4.90 Å². The number of nitrogens with zero attached hydrogens (tertiary/aromatic N) is 3. The maximum atomic E-state index is 12.2. The number of cyclic esters (lactones) is 1. The summed E-state index contributed by atoms with van der Waals surface area (Å²) in [6.45, 7) is 8.43. The van der Waals surface area contributed by atoms with Gasteiger partial charge < -0.3 is 14.8 Å². The predicted molar refractivity (Wildman–Crippen MR) is 104 cm³/mol. The van der Waals surface area contributed by atoms with Crippen molar-refractivity contribution >= 4 is 17.9 Å². The van der Waals surface area contributed by atoms with Crippen LogP contribution in [0.3, 0.4) is 0 Å². The van der Waals surface area contributed by atoms with Crippen LogP contribution in [0.4, 0.5) is 16.6 Å². The molecule has 2 heterocycles. The maximum Gasteiger partial charge on any atom is 0.415 e. The molecule has 7 heteroatoms. The van der Waals surface area contributed by atoms with E-state index in [-0.39, 0.29) is 24.1 Å². The van der Waals surface area contributed by atoms with E-state index in [9.17, 15) is 4.79 Å². The number of benzene rings is 1. The number of methoxy groups -OCH3 is 1. The number of aromatic nitrogens is 2. The van der Waals surface area contributed by atoms with Gasteiger partial charge >= 0.3 is 6.09 Å². The molecule has 1 unspecified atom stereocenters. The minimum Gasteiger partial charge on any atom is -0.497 e. The Morgan fingerprint density at radius 1 is 1.26 bits per heavy atom. The Labute approximate surface area is 159 Å². The number of nitrogens with one attached hydrogen (secondary N) is 1. The first-order valence-corrected chi connectivity index (χ1v) is 9.11. The van der Waals surface area contributed by atoms with E-state index in [2.05, 4.69) is 29.1 Å². The van der Waals surface area contributed by atoms with Crippen LogP contribution in [0.5, 0.6) is 5.75 Å². The molecule has 1 aromatic heterocycles. The van der Waals surface area contributed by atoms with Crippen molar-refractivity contribution in [3.8, 4) is 5.75 Å². The molecule has 1 aromatic carbocycles. The third-order valence-electron chi connectivity index (χ3n) is 4.70. The summed E-state index contributed by atoms with van der Waals surface area (Å²) < 4.78 is 10.5. The van der Waals surface area contributed by atoms with Gasteiger partial charge in [0, 0.05) is 11.8 Å². The third kappa shape index (κ3) is 4.13. The van der Waals surface area contributed by atoms with Crippen LogP contribution in [0, 0.1) is 12.8 Å². The van der Waals surface area contributed by atoms with Gasteiger partial charge in [0.25, 0.3) is 0 Å². The minimum atomic E-state index is -0.362. The summed E-state index contributed by atoms with van der Waals surface area (Å²) in [4.78, 5) is 22.9. The van der Waals surface area contributed by atoms with E-state index in [1.807, 2.05) is 44.2 Å². The average molecular weight is 370 g/mol. The maximum absolute atomic E-state index is 12.2. The molecule has 1 fully saturated rings. The molecule has 27 heavy (non-hydrogen) atoms. The van der Waals surface area contributed by atoms with Crippen molar-refractivity contribution in [1.29, 1.82) is 0 Å². The van der Waals surface area contributed by atoms with Crippen LogP contribution in [-0.4, -0.2) is 35.8 Å². The normalized spacial score (nSPS) is 17.8. The number of amides is 1. The minimum absolute atomic E-state index is 0.0267. The molecule has 2 atom stereocenters. The highest BCUT2D eigenvalue weighted by Crippen LogP contribution is 2.28. The first-order chi connectivity index (χ1) is 12.9. The van der Waals surface area contributed by atoms with Crippen LogP contribution in [0.1, 0.15) is 38.1 Å². The van der Waals surface area contributed by atoms with Crippen LogP contribution in [0.2, 0.25) is 0 Å². The van der Waals surface area contributed by atoms with Gasteiger partial charge in [-0.1, -0.05) is 26.0 Å². The Morgan fingerprint density at radius 2 is 2.04 bits per heavy atom. The van der Waals surface area contributed by atoms with E-state index < -0.39 is 0 Å². The van der Waals surface area contributed by atoms with E-state index >= 15 is 0 Å². The zero-order chi connectivity index (χ0) is 19.6. The summed E-state index contributed by atoms with van der Waals surface area (Å²) in [5, 5.41) is 3.32. The van der Waals surface area contributed by atoms with Crippen LogP contribution in [0.25, 0.3) is 0 Å². The Kier molecular flexibility index (Phi) is 5.48. The zero-order valence-electron chi connectivity index (χ0n) is 16.4. The van der Waals surface area contributed by atoms with Gasteiger partial charge in [-0.05, 0) is 37.5 Å². The van der Waals surface area contributed by atoms with Crippen molar-refractivity contribution in [3.05, 3.63) is 41.6 Å². The number of carbonyl (C=O) groups excluding carboxylic acids is 1.